The predicted molar refractivity (Wildman–Crippen MR) is 331 cm³/mol. The number of unbranched alkanes of at least 4 members (excludes halogenated alkanes) is 31. The zero-order chi connectivity index (χ0) is 61.5. The lowest BCUT2D eigenvalue weighted by Gasteiger charge is -2.21. The molecule has 19 heteroatoms. The van der Waals surface area contributed by atoms with Crippen molar-refractivity contribution in [3.63, 3.8) is 0 Å². The molecule has 0 aromatic carbocycles. The Hall–Kier alpha value is -1.94. The fourth-order valence-corrected chi connectivity index (χ4v) is 11.0. The van der Waals surface area contributed by atoms with E-state index < -0.39 is 97.5 Å². The summed E-state index contributed by atoms with van der Waals surface area (Å²) in [5, 5.41) is 10.5. The second-order valence-electron chi connectivity index (χ2n) is 23.6. The lowest BCUT2D eigenvalue weighted by molar-refractivity contribution is -0.161. The van der Waals surface area contributed by atoms with E-state index in [2.05, 4.69) is 41.5 Å². The molecule has 0 aliphatic heterocycles. The number of aliphatic hydroxyl groups is 1. The van der Waals surface area contributed by atoms with Gasteiger partial charge < -0.3 is 33.8 Å². The lowest BCUT2D eigenvalue weighted by atomic mass is 10.00. The van der Waals surface area contributed by atoms with Crippen molar-refractivity contribution in [1.29, 1.82) is 0 Å². The summed E-state index contributed by atoms with van der Waals surface area (Å²) in [5.41, 5.74) is 0. The third-order valence-corrected chi connectivity index (χ3v) is 17.3. The van der Waals surface area contributed by atoms with Gasteiger partial charge in [-0.25, -0.2) is 9.13 Å². The molecule has 0 bridgehead atoms. The number of carbonyl (C=O) groups is 4. The van der Waals surface area contributed by atoms with Crippen LogP contribution in [-0.2, 0) is 65.4 Å². The minimum Gasteiger partial charge on any atom is -0.462 e. The molecule has 0 heterocycles. The van der Waals surface area contributed by atoms with Gasteiger partial charge in [-0.3, -0.25) is 37.3 Å². The highest BCUT2D eigenvalue weighted by Crippen LogP contribution is 2.45. The summed E-state index contributed by atoms with van der Waals surface area (Å²) in [5.74, 6) is -0.686. The van der Waals surface area contributed by atoms with Gasteiger partial charge in [-0.15, -0.1) is 0 Å². The highest BCUT2D eigenvalue weighted by Gasteiger charge is 2.30. The molecule has 0 aromatic rings. The predicted octanol–water partition coefficient (Wildman–Crippen LogP) is 17.7. The molecule has 0 radical (unpaired) electrons. The van der Waals surface area contributed by atoms with Crippen LogP contribution in [0.4, 0.5) is 0 Å². The summed E-state index contributed by atoms with van der Waals surface area (Å²) >= 11 is 0. The van der Waals surface area contributed by atoms with Gasteiger partial charge in [0.2, 0.25) is 0 Å². The summed E-state index contributed by atoms with van der Waals surface area (Å²) in [7, 11) is -9.89. The van der Waals surface area contributed by atoms with E-state index in [1.165, 1.54) is 128 Å². The molecule has 492 valence electrons. The average Bonchev–Trinajstić information content (AvgIpc) is 3.46. The van der Waals surface area contributed by atoms with Crippen molar-refractivity contribution in [3.05, 3.63) is 0 Å². The van der Waals surface area contributed by atoms with Crippen molar-refractivity contribution in [1.82, 2.24) is 0 Å². The summed E-state index contributed by atoms with van der Waals surface area (Å²) in [4.78, 5) is 72.2. The van der Waals surface area contributed by atoms with Gasteiger partial charge in [-0.2, -0.15) is 0 Å². The number of ether oxygens (including phenoxy) is 4. The fraction of sp³-hybridized carbons (Fsp3) is 0.938. The van der Waals surface area contributed by atoms with Crippen molar-refractivity contribution in [2.45, 2.75) is 336 Å². The smallest absolute Gasteiger partial charge is 0.462 e. The van der Waals surface area contributed by atoms with Crippen LogP contribution in [0.15, 0.2) is 0 Å². The summed E-state index contributed by atoms with van der Waals surface area (Å²) in [6.45, 7) is 9.40. The van der Waals surface area contributed by atoms with Gasteiger partial charge in [0.1, 0.15) is 19.3 Å². The van der Waals surface area contributed by atoms with Crippen LogP contribution in [0.3, 0.4) is 0 Å². The standard InChI is InChI=1S/C64H124O17P2/c1-7-11-13-15-17-19-20-21-22-23-25-27-36-42-48-63(68)80-59(53-75-62(67)47-41-35-30-28-32-38-44-56(5)9-3)54-78-82(70,71)76-50-58(65)51-77-83(72,73)79-55-60(52-74-61(66)46-40-34-26-24-18-16-14-12-8-2)81-64(69)49-43-37-31-29-33-39-45-57(6)10-4/h56-60,65H,7-55H2,1-6H3,(H,70,71)(H,72,73)/t56?,57?,58-,59-,60-/m1/s1. The largest absolute Gasteiger partial charge is 0.472 e. The number of phosphoric ester groups is 2. The Kier molecular flexibility index (Phi) is 55.2. The van der Waals surface area contributed by atoms with Crippen LogP contribution < -0.4 is 0 Å². The number of carbonyl (C=O) groups excluding carboxylic acids is 4. The summed E-state index contributed by atoms with van der Waals surface area (Å²) in [6.07, 6.45) is 39.0. The van der Waals surface area contributed by atoms with Crippen LogP contribution in [0.5, 0.6) is 0 Å². The van der Waals surface area contributed by atoms with Gasteiger partial charge in [0.15, 0.2) is 12.2 Å². The van der Waals surface area contributed by atoms with Gasteiger partial charge in [-0.05, 0) is 37.5 Å². The molecular formula is C64H124O17P2. The van der Waals surface area contributed by atoms with Gasteiger partial charge in [0, 0.05) is 25.7 Å². The van der Waals surface area contributed by atoms with Crippen molar-refractivity contribution < 1.29 is 80.2 Å². The zero-order valence-corrected chi connectivity index (χ0v) is 55.3. The second kappa shape index (κ2) is 56.6. The van der Waals surface area contributed by atoms with Crippen molar-refractivity contribution >= 4 is 39.5 Å². The van der Waals surface area contributed by atoms with E-state index in [-0.39, 0.29) is 25.7 Å². The van der Waals surface area contributed by atoms with Gasteiger partial charge in [0.25, 0.3) is 0 Å². The lowest BCUT2D eigenvalue weighted by Crippen LogP contribution is -2.30. The molecule has 0 aromatic heterocycles. The molecule has 3 N–H and O–H groups in total. The molecule has 4 unspecified atom stereocenters. The number of phosphoric acid groups is 2. The molecule has 0 aliphatic carbocycles. The maximum Gasteiger partial charge on any atom is 0.472 e. The number of hydrogen-bond donors (Lipinski definition) is 3. The molecule has 0 spiro atoms. The highest BCUT2D eigenvalue weighted by molar-refractivity contribution is 7.47. The van der Waals surface area contributed by atoms with E-state index in [1.54, 1.807) is 0 Å². The Morgan fingerprint density at radius 1 is 0.337 bits per heavy atom. The molecule has 0 rings (SSSR count). The SMILES string of the molecule is CCCCCCCCCCCCCCCCC(=O)O[C@H](COC(=O)CCCCCCCCC(C)CC)COP(=O)(O)OC[C@@H](O)COP(=O)(O)OC[C@@H](COC(=O)CCCCCCCCCCC)OC(=O)CCCCCCCCC(C)CC. The molecule has 17 nitrogen and oxygen atoms in total. The number of rotatable bonds is 63. The summed E-state index contributed by atoms with van der Waals surface area (Å²) in [6, 6.07) is 0. The van der Waals surface area contributed by atoms with Gasteiger partial charge >= 0.3 is 39.5 Å². The third-order valence-electron chi connectivity index (χ3n) is 15.4. The highest BCUT2D eigenvalue weighted by atomic mass is 31.2. The van der Waals surface area contributed by atoms with E-state index >= 15 is 0 Å². The minimum absolute atomic E-state index is 0.103. The van der Waals surface area contributed by atoms with E-state index in [4.69, 9.17) is 37.0 Å². The topological polar surface area (TPSA) is 237 Å². The Labute approximate surface area is 505 Å². The van der Waals surface area contributed by atoms with Crippen LogP contribution in [0.2, 0.25) is 0 Å². The monoisotopic (exact) mass is 1230 g/mol. The van der Waals surface area contributed by atoms with E-state index in [0.29, 0.717) is 25.7 Å². The van der Waals surface area contributed by atoms with Crippen LogP contribution in [0, 0.1) is 11.8 Å². The van der Waals surface area contributed by atoms with Crippen molar-refractivity contribution in [2.75, 3.05) is 39.6 Å². The van der Waals surface area contributed by atoms with E-state index in [1.807, 2.05) is 0 Å². The molecule has 83 heavy (non-hydrogen) atoms. The minimum atomic E-state index is -4.94. The number of aliphatic hydroxyl groups excluding tert-OH is 1. The normalized spacial score (nSPS) is 15.0. The Balaban J connectivity index is 5.24. The second-order valence-corrected chi connectivity index (χ2v) is 26.5. The van der Waals surface area contributed by atoms with Crippen LogP contribution in [0.25, 0.3) is 0 Å². The number of esters is 4. The quantitative estimate of drug-likeness (QED) is 0.0222. The van der Waals surface area contributed by atoms with Crippen LogP contribution >= 0.6 is 15.6 Å². The Morgan fingerprint density at radius 2 is 0.578 bits per heavy atom. The Bertz CT molecular complexity index is 1640. The number of hydrogen-bond acceptors (Lipinski definition) is 15. The van der Waals surface area contributed by atoms with Crippen molar-refractivity contribution in [2.24, 2.45) is 11.8 Å². The first-order chi connectivity index (χ1) is 39.9. The van der Waals surface area contributed by atoms with Crippen LogP contribution in [-0.4, -0.2) is 96.7 Å². The maximum absolute atomic E-state index is 13.0. The fourth-order valence-electron chi connectivity index (χ4n) is 9.47. The first-order valence-electron chi connectivity index (χ1n) is 33.6. The third kappa shape index (κ3) is 56.3. The molecular weight excluding hydrogens is 1100 g/mol. The zero-order valence-electron chi connectivity index (χ0n) is 53.5. The maximum atomic E-state index is 13.0. The van der Waals surface area contributed by atoms with Crippen LogP contribution in [0.1, 0.15) is 318 Å². The molecule has 0 saturated heterocycles. The first kappa shape index (κ1) is 81.1. The van der Waals surface area contributed by atoms with Gasteiger partial charge in [-0.1, -0.05) is 266 Å². The first-order valence-corrected chi connectivity index (χ1v) is 36.6. The van der Waals surface area contributed by atoms with E-state index in [9.17, 15) is 43.2 Å². The molecule has 0 fully saturated rings. The Morgan fingerprint density at radius 3 is 0.855 bits per heavy atom. The molecule has 0 aliphatic rings. The molecule has 0 saturated carbocycles. The van der Waals surface area contributed by atoms with Gasteiger partial charge in [0.05, 0.1) is 26.4 Å². The average molecular weight is 1230 g/mol. The molecule has 7 atom stereocenters. The van der Waals surface area contributed by atoms with Crippen molar-refractivity contribution in [3.8, 4) is 0 Å². The molecule has 0 amide bonds. The summed E-state index contributed by atoms with van der Waals surface area (Å²) < 4.78 is 68.0. The van der Waals surface area contributed by atoms with E-state index in [0.717, 1.165) is 108 Å².